The average molecular weight is 315 g/mol. The lowest BCUT2D eigenvalue weighted by Crippen LogP contribution is -2.34. The lowest BCUT2D eigenvalue weighted by molar-refractivity contribution is 0.0508. The van der Waals surface area contributed by atoms with E-state index in [-0.39, 0.29) is 6.04 Å². The summed E-state index contributed by atoms with van der Waals surface area (Å²) in [5.74, 6) is 1.04. The molecule has 0 unspecified atom stereocenters. The fourth-order valence-electron chi connectivity index (χ4n) is 1.87. The predicted molar refractivity (Wildman–Crippen MR) is 86.3 cm³/mol. The minimum atomic E-state index is -0.527. The number of hydrogen-bond donors (Lipinski definition) is 1. The first kappa shape index (κ1) is 16.7. The maximum atomic E-state index is 11.8. The molecular formula is C17H21N3O3. The van der Waals surface area contributed by atoms with Crippen molar-refractivity contribution in [3.05, 3.63) is 48.4 Å². The Balaban J connectivity index is 2.02. The van der Waals surface area contributed by atoms with Crippen LogP contribution in [0.2, 0.25) is 0 Å². The highest BCUT2D eigenvalue weighted by Gasteiger charge is 2.18. The molecule has 0 fully saturated rings. The highest BCUT2D eigenvalue weighted by molar-refractivity contribution is 5.68. The van der Waals surface area contributed by atoms with E-state index in [2.05, 4.69) is 15.3 Å². The van der Waals surface area contributed by atoms with Crippen LogP contribution in [0.25, 0.3) is 0 Å². The quantitative estimate of drug-likeness (QED) is 0.927. The molecule has 122 valence electrons. The van der Waals surface area contributed by atoms with Crippen molar-refractivity contribution >= 4 is 6.09 Å². The van der Waals surface area contributed by atoms with Crippen molar-refractivity contribution in [1.82, 2.24) is 15.3 Å². The summed E-state index contributed by atoms with van der Waals surface area (Å²) >= 11 is 0. The number of carbonyl (C=O) groups is 1. The number of benzene rings is 1. The molecule has 1 atom stereocenters. The predicted octanol–water partition coefficient (Wildman–Crippen LogP) is 3.85. The molecule has 0 spiro atoms. The Kier molecular flexibility index (Phi) is 5.16. The molecule has 1 heterocycles. The number of amides is 1. The van der Waals surface area contributed by atoms with Crippen molar-refractivity contribution in [1.29, 1.82) is 0 Å². The van der Waals surface area contributed by atoms with E-state index >= 15 is 0 Å². The van der Waals surface area contributed by atoms with Crippen LogP contribution < -0.4 is 10.1 Å². The van der Waals surface area contributed by atoms with E-state index in [0.29, 0.717) is 11.6 Å². The summed E-state index contributed by atoms with van der Waals surface area (Å²) in [5.41, 5.74) is 0.373. The van der Waals surface area contributed by atoms with Crippen LogP contribution in [0.3, 0.4) is 0 Å². The molecule has 0 saturated heterocycles. The molecule has 0 radical (unpaired) electrons. The van der Waals surface area contributed by atoms with Crippen LogP contribution >= 0.6 is 0 Å². The molecule has 1 amide bonds. The van der Waals surface area contributed by atoms with Gasteiger partial charge >= 0.3 is 6.09 Å². The van der Waals surface area contributed by atoms with Gasteiger partial charge in [-0.05, 0) is 45.4 Å². The Labute approximate surface area is 135 Å². The number of ether oxygens (including phenoxy) is 2. The van der Waals surface area contributed by atoms with Crippen molar-refractivity contribution in [2.75, 3.05) is 0 Å². The second kappa shape index (κ2) is 7.09. The largest absolute Gasteiger partial charge is 0.444 e. The molecule has 0 saturated carbocycles. The lowest BCUT2D eigenvalue weighted by atomic mass is 10.1. The second-order valence-electron chi connectivity index (χ2n) is 6.09. The molecule has 2 aromatic rings. The first-order valence-corrected chi connectivity index (χ1v) is 7.37. The first-order chi connectivity index (χ1) is 10.8. The Morgan fingerprint density at radius 1 is 1.26 bits per heavy atom. The maximum Gasteiger partial charge on any atom is 0.408 e. The first-order valence-electron chi connectivity index (χ1n) is 7.37. The van der Waals surface area contributed by atoms with Crippen LogP contribution in [0.1, 0.15) is 39.3 Å². The molecule has 2 rings (SSSR count). The summed E-state index contributed by atoms with van der Waals surface area (Å²) in [7, 11) is 0. The smallest absolute Gasteiger partial charge is 0.408 e. The molecule has 0 aliphatic heterocycles. The normalized spacial score (nSPS) is 12.3. The highest BCUT2D eigenvalue weighted by atomic mass is 16.6. The molecule has 0 aliphatic carbocycles. The number of carbonyl (C=O) groups excluding carboxylic acids is 1. The van der Waals surface area contributed by atoms with Crippen molar-refractivity contribution in [2.24, 2.45) is 0 Å². The summed E-state index contributed by atoms with van der Waals surface area (Å²) in [5, 5.41) is 2.80. The number of alkyl carbamates (subject to hydrolysis) is 1. The van der Waals surface area contributed by atoms with Crippen molar-refractivity contribution < 1.29 is 14.3 Å². The fourth-order valence-corrected chi connectivity index (χ4v) is 1.87. The highest BCUT2D eigenvalue weighted by Crippen LogP contribution is 2.23. The van der Waals surface area contributed by atoms with Crippen LogP contribution in [-0.2, 0) is 4.74 Å². The molecule has 0 bridgehead atoms. The van der Waals surface area contributed by atoms with Gasteiger partial charge in [-0.3, -0.25) is 4.98 Å². The van der Waals surface area contributed by atoms with E-state index in [4.69, 9.17) is 9.47 Å². The van der Waals surface area contributed by atoms with Gasteiger partial charge < -0.3 is 14.8 Å². The lowest BCUT2D eigenvalue weighted by Gasteiger charge is -2.22. The van der Waals surface area contributed by atoms with E-state index in [0.717, 1.165) is 5.56 Å². The minimum Gasteiger partial charge on any atom is -0.444 e. The third-order valence-corrected chi connectivity index (χ3v) is 2.85. The van der Waals surface area contributed by atoms with Crippen LogP contribution in [0.15, 0.2) is 42.9 Å². The molecule has 1 N–H and O–H groups in total. The van der Waals surface area contributed by atoms with Gasteiger partial charge in [-0.15, -0.1) is 0 Å². The SMILES string of the molecule is C[C@H](NC(=O)OC(C)(C)C)c1cccc(Oc2cnccn2)c1. The monoisotopic (exact) mass is 315 g/mol. The van der Waals surface area contributed by atoms with Gasteiger partial charge in [-0.1, -0.05) is 12.1 Å². The zero-order chi connectivity index (χ0) is 16.9. The van der Waals surface area contributed by atoms with Gasteiger partial charge in [0, 0.05) is 12.4 Å². The molecule has 6 nitrogen and oxygen atoms in total. The molecule has 23 heavy (non-hydrogen) atoms. The standard InChI is InChI=1S/C17H21N3O3/c1-12(20-16(21)23-17(2,3)4)13-6-5-7-14(10-13)22-15-11-18-8-9-19-15/h5-12H,1-4H3,(H,20,21)/t12-/m0/s1. The summed E-state index contributed by atoms with van der Waals surface area (Å²) in [6, 6.07) is 7.21. The van der Waals surface area contributed by atoms with Gasteiger partial charge in [-0.25, -0.2) is 9.78 Å². The third-order valence-electron chi connectivity index (χ3n) is 2.85. The van der Waals surface area contributed by atoms with Crippen LogP contribution in [0.5, 0.6) is 11.6 Å². The van der Waals surface area contributed by atoms with E-state index in [9.17, 15) is 4.79 Å². The maximum absolute atomic E-state index is 11.8. The second-order valence-corrected chi connectivity index (χ2v) is 6.09. The number of nitrogens with zero attached hydrogens (tertiary/aromatic N) is 2. The Bertz CT molecular complexity index is 654. The summed E-state index contributed by atoms with van der Waals surface area (Å²) in [6.07, 6.45) is 4.22. The number of rotatable bonds is 4. The molecular weight excluding hydrogens is 294 g/mol. The van der Waals surface area contributed by atoms with E-state index in [1.165, 1.54) is 6.20 Å². The summed E-state index contributed by atoms with van der Waals surface area (Å²) in [4.78, 5) is 19.8. The van der Waals surface area contributed by atoms with E-state index in [1.807, 2.05) is 52.0 Å². The zero-order valence-electron chi connectivity index (χ0n) is 13.7. The Morgan fingerprint density at radius 3 is 2.70 bits per heavy atom. The molecule has 1 aromatic heterocycles. The van der Waals surface area contributed by atoms with Crippen molar-refractivity contribution in [3.8, 4) is 11.6 Å². The third kappa shape index (κ3) is 5.58. The van der Waals surface area contributed by atoms with E-state index < -0.39 is 11.7 Å². The number of hydrogen-bond acceptors (Lipinski definition) is 5. The average Bonchev–Trinajstić information content (AvgIpc) is 2.46. The number of aromatic nitrogens is 2. The molecule has 0 aliphatic rings. The summed E-state index contributed by atoms with van der Waals surface area (Å²) in [6.45, 7) is 7.36. The molecule has 1 aromatic carbocycles. The topological polar surface area (TPSA) is 73.3 Å². The van der Waals surface area contributed by atoms with Crippen LogP contribution in [-0.4, -0.2) is 21.7 Å². The van der Waals surface area contributed by atoms with Crippen molar-refractivity contribution in [2.45, 2.75) is 39.3 Å². The number of nitrogens with one attached hydrogen (secondary N) is 1. The van der Waals surface area contributed by atoms with Gasteiger partial charge in [0.1, 0.15) is 11.4 Å². The Morgan fingerprint density at radius 2 is 2.04 bits per heavy atom. The fraction of sp³-hybridized carbons (Fsp3) is 0.353. The Hall–Kier alpha value is -2.63. The van der Waals surface area contributed by atoms with Crippen molar-refractivity contribution in [3.63, 3.8) is 0 Å². The van der Waals surface area contributed by atoms with Crippen LogP contribution in [0.4, 0.5) is 4.79 Å². The van der Waals surface area contributed by atoms with Gasteiger partial charge in [0.05, 0.1) is 12.2 Å². The minimum absolute atomic E-state index is 0.213. The zero-order valence-corrected chi connectivity index (χ0v) is 13.7. The van der Waals surface area contributed by atoms with Crippen LogP contribution in [0, 0.1) is 0 Å². The van der Waals surface area contributed by atoms with Gasteiger partial charge in [0.15, 0.2) is 0 Å². The van der Waals surface area contributed by atoms with E-state index in [1.54, 1.807) is 12.4 Å². The van der Waals surface area contributed by atoms with Gasteiger partial charge in [0.25, 0.3) is 0 Å². The van der Waals surface area contributed by atoms with Gasteiger partial charge in [0.2, 0.25) is 5.88 Å². The van der Waals surface area contributed by atoms with Gasteiger partial charge in [-0.2, -0.15) is 0 Å². The summed E-state index contributed by atoms with van der Waals surface area (Å²) < 4.78 is 10.9. The molecule has 6 heteroatoms.